The first-order valence-electron chi connectivity index (χ1n) is 9.51. The molecule has 28 heavy (non-hydrogen) atoms. The lowest BCUT2D eigenvalue weighted by Gasteiger charge is -2.25. The largest absolute Gasteiger partial charge is 0.454 e. The lowest BCUT2D eigenvalue weighted by molar-refractivity contribution is 0.174. The van der Waals surface area contributed by atoms with Gasteiger partial charge in [0, 0.05) is 38.9 Å². The zero-order valence-corrected chi connectivity index (χ0v) is 17.3. The first-order chi connectivity index (χ1) is 13.5. The number of nitrogens with zero attached hydrogens (tertiary/aromatic N) is 5. The Morgan fingerprint density at radius 1 is 1.29 bits per heavy atom. The quantitative estimate of drug-likeness (QED) is 0.579. The Bertz CT molecular complexity index is 817. The summed E-state index contributed by atoms with van der Waals surface area (Å²) in [5.74, 6) is 2.48. The maximum absolute atomic E-state index is 5.48. The molecule has 0 saturated heterocycles. The molecule has 1 aliphatic rings. The van der Waals surface area contributed by atoms with Crippen molar-refractivity contribution in [1.82, 2.24) is 24.9 Å². The smallest absolute Gasteiger partial charge is 0.231 e. The average Bonchev–Trinajstić information content (AvgIpc) is 3.29. The summed E-state index contributed by atoms with van der Waals surface area (Å²) in [6.45, 7) is 4.55. The molecule has 3 rings (SSSR count). The number of ether oxygens (including phenoxy) is 2. The molecule has 0 spiro atoms. The third-order valence-electron chi connectivity index (χ3n) is 4.70. The summed E-state index contributed by atoms with van der Waals surface area (Å²) in [6, 6.07) is 6.22. The summed E-state index contributed by atoms with van der Waals surface area (Å²) in [5, 5.41) is 7.68. The number of guanidine groups is 1. The van der Waals surface area contributed by atoms with Gasteiger partial charge in [-0.2, -0.15) is 5.10 Å². The van der Waals surface area contributed by atoms with Crippen LogP contribution < -0.4 is 14.8 Å². The average molecular weight is 387 g/mol. The molecule has 0 saturated carbocycles. The molecule has 1 aromatic carbocycles. The highest BCUT2D eigenvalue weighted by molar-refractivity contribution is 5.79. The van der Waals surface area contributed by atoms with Crippen molar-refractivity contribution in [1.29, 1.82) is 0 Å². The molecule has 2 aromatic rings. The zero-order chi connectivity index (χ0) is 20.1. The van der Waals surface area contributed by atoms with Crippen LogP contribution in [0.3, 0.4) is 0 Å². The number of fused-ring (bicyclic) bond motifs is 1. The molecule has 0 aliphatic carbocycles. The second kappa shape index (κ2) is 8.97. The number of rotatable bonds is 7. The van der Waals surface area contributed by atoms with E-state index in [1.165, 1.54) is 0 Å². The molecule has 8 nitrogen and oxygen atoms in total. The van der Waals surface area contributed by atoms with Crippen LogP contribution in [0.4, 0.5) is 0 Å². The molecule has 0 radical (unpaired) electrons. The first-order valence-corrected chi connectivity index (χ1v) is 9.51. The summed E-state index contributed by atoms with van der Waals surface area (Å²) in [7, 11) is 8.11. The van der Waals surface area contributed by atoms with Gasteiger partial charge in [0.05, 0.1) is 18.8 Å². The maximum Gasteiger partial charge on any atom is 0.231 e. The fourth-order valence-corrected chi connectivity index (χ4v) is 3.21. The van der Waals surface area contributed by atoms with Crippen LogP contribution in [0.15, 0.2) is 35.6 Å². The van der Waals surface area contributed by atoms with Crippen LogP contribution >= 0.6 is 0 Å². The molecule has 0 amide bonds. The van der Waals surface area contributed by atoms with E-state index in [0.29, 0.717) is 13.3 Å². The molecule has 2 heterocycles. The predicted molar refractivity (Wildman–Crippen MR) is 110 cm³/mol. The van der Waals surface area contributed by atoms with E-state index in [1.54, 1.807) is 0 Å². The van der Waals surface area contributed by atoms with E-state index in [2.05, 4.69) is 47.3 Å². The number of hydrogen-bond acceptors (Lipinski definition) is 5. The fourth-order valence-electron chi connectivity index (χ4n) is 3.21. The van der Waals surface area contributed by atoms with Gasteiger partial charge in [0.25, 0.3) is 0 Å². The van der Waals surface area contributed by atoms with E-state index >= 15 is 0 Å². The van der Waals surface area contributed by atoms with Gasteiger partial charge in [-0.1, -0.05) is 6.07 Å². The molecule has 1 N–H and O–H groups in total. The summed E-state index contributed by atoms with van der Waals surface area (Å²) >= 11 is 0. The van der Waals surface area contributed by atoms with Crippen molar-refractivity contribution in [2.75, 3.05) is 41.0 Å². The topological polar surface area (TPSA) is 67.2 Å². The third-order valence-corrected chi connectivity index (χ3v) is 4.70. The van der Waals surface area contributed by atoms with Gasteiger partial charge < -0.3 is 24.6 Å². The van der Waals surface area contributed by atoms with Crippen LogP contribution in [0, 0.1) is 0 Å². The Kier molecular flexibility index (Phi) is 6.41. The zero-order valence-electron chi connectivity index (χ0n) is 17.3. The van der Waals surface area contributed by atoms with Crippen LogP contribution in [0.2, 0.25) is 0 Å². The normalized spacial score (nSPS) is 14.4. The second-order valence-corrected chi connectivity index (χ2v) is 7.17. The summed E-state index contributed by atoms with van der Waals surface area (Å²) < 4.78 is 12.7. The summed E-state index contributed by atoms with van der Waals surface area (Å²) in [4.78, 5) is 9.18. The van der Waals surface area contributed by atoms with Crippen molar-refractivity contribution in [3.63, 3.8) is 0 Å². The Morgan fingerprint density at radius 2 is 2.07 bits per heavy atom. The number of benzene rings is 1. The van der Waals surface area contributed by atoms with Crippen molar-refractivity contribution in [3.05, 3.63) is 41.7 Å². The molecule has 1 unspecified atom stereocenters. The Morgan fingerprint density at radius 3 is 2.75 bits per heavy atom. The lowest BCUT2D eigenvalue weighted by atomic mass is 10.1. The highest BCUT2D eigenvalue weighted by Crippen LogP contribution is 2.32. The number of nitrogens with one attached hydrogen (secondary N) is 1. The minimum atomic E-state index is 0.168. The molecule has 152 valence electrons. The van der Waals surface area contributed by atoms with Crippen LogP contribution in [0.5, 0.6) is 11.5 Å². The van der Waals surface area contributed by atoms with Crippen LogP contribution in [0.25, 0.3) is 0 Å². The van der Waals surface area contributed by atoms with Gasteiger partial charge in [-0.15, -0.1) is 0 Å². The number of aliphatic imine (C=N–C) groups is 1. The van der Waals surface area contributed by atoms with Crippen molar-refractivity contribution >= 4 is 5.96 Å². The van der Waals surface area contributed by atoms with Crippen molar-refractivity contribution in [3.8, 4) is 11.5 Å². The van der Waals surface area contributed by atoms with Crippen molar-refractivity contribution in [2.45, 2.75) is 19.5 Å². The van der Waals surface area contributed by atoms with E-state index in [0.717, 1.165) is 41.7 Å². The van der Waals surface area contributed by atoms with Gasteiger partial charge in [0.2, 0.25) is 6.79 Å². The minimum absolute atomic E-state index is 0.168. The Labute approximate surface area is 166 Å². The monoisotopic (exact) mass is 386 g/mol. The van der Waals surface area contributed by atoms with Gasteiger partial charge in [-0.05, 0) is 38.7 Å². The molecular weight excluding hydrogens is 356 g/mol. The minimum Gasteiger partial charge on any atom is -0.454 e. The second-order valence-electron chi connectivity index (χ2n) is 7.17. The van der Waals surface area contributed by atoms with Crippen molar-refractivity contribution < 1.29 is 9.47 Å². The predicted octanol–water partition coefficient (Wildman–Crippen LogP) is 1.85. The van der Waals surface area contributed by atoms with Crippen molar-refractivity contribution in [2.24, 2.45) is 12.0 Å². The maximum atomic E-state index is 5.48. The highest BCUT2D eigenvalue weighted by Gasteiger charge is 2.18. The lowest BCUT2D eigenvalue weighted by Crippen LogP contribution is -2.39. The molecular formula is C20H30N6O2. The summed E-state index contributed by atoms with van der Waals surface area (Å²) in [6.07, 6.45) is 3.95. The van der Waals surface area contributed by atoms with E-state index in [-0.39, 0.29) is 6.04 Å². The molecule has 0 fully saturated rings. The van der Waals surface area contributed by atoms with Gasteiger partial charge in [0.15, 0.2) is 17.5 Å². The van der Waals surface area contributed by atoms with Crippen LogP contribution in [-0.4, -0.2) is 66.6 Å². The van der Waals surface area contributed by atoms with Crippen LogP contribution in [0.1, 0.15) is 24.1 Å². The van der Waals surface area contributed by atoms with Gasteiger partial charge >= 0.3 is 0 Å². The van der Waals surface area contributed by atoms with Gasteiger partial charge in [-0.25, -0.2) is 0 Å². The van der Waals surface area contributed by atoms with Crippen LogP contribution in [-0.2, 0) is 13.6 Å². The fraction of sp³-hybridized carbons (Fsp3) is 0.500. The highest BCUT2D eigenvalue weighted by atomic mass is 16.7. The number of aromatic nitrogens is 2. The Hall–Kier alpha value is -2.74. The number of aryl methyl sites for hydroxylation is 1. The molecule has 1 aliphatic heterocycles. The number of likely N-dealkylation sites (N-methyl/N-ethyl adjacent to an activating group) is 1. The first kappa shape index (κ1) is 20.0. The standard InChI is InChI=1S/C20H30N6O2/c1-6-21-20(22-11-17(24(2)3)16-10-23-26(5)13-16)25(4)12-15-7-8-18-19(9-15)28-14-27-18/h7-10,13,17H,6,11-12,14H2,1-5H3,(H,21,22). The summed E-state index contributed by atoms with van der Waals surface area (Å²) in [5.41, 5.74) is 2.30. The van der Waals surface area contributed by atoms with Gasteiger partial charge in [-0.3, -0.25) is 9.67 Å². The SMILES string of the molecule is CCNC(=NCC(c1cnn(C)c1)N(C)C)N(C)Cc1ccc2c(c1)OCO2. The Balaban J connectivity index is 1.71. The van der Waals surface area contributed by atoms with Gasteiger partial charge in [0.1, 0.15) is 0 Å². The third kappa shape index (κ3) is 4.75. The van der Waals surface area contributed by atoms with E-state index in [9.17, 15) is 0 Å². The van der Waals surface area contributed by atoms with E-state index in [4.69, 9.17) is 14.5 Å². The molecule has 0 bridgehead atoms. The molecule has 1 aromatic heterocycles. The van der Waals surface area contributed by atoms with E-state index in [1.807, 2.05) is 43.3 Å². The van der Waals surface area contributed by atoms with E-state index < -0.39 is 0 Å². The number of hydrogen-bond donors (Lipinski definition) is 1. The molecule has 1 atom stereocenters. The molecule has 8 heteroatoms.